The molecule has 0 heterocycles. The highest BCUT2D eigenvalue weighted by Gasteiger charge is 2.47. The quantitative estimate of drug-likeness (QED) is 0.837. The number of para-hydroxylation sites is 1. The van der Waals surface area contributed by atoms with Gasteiger partial charge in [0.25, 0.3) is 0 Å². The number of amides is 1. The van der Waals surface area contributed by atoms with Crippen molar-refractivity contribution < 1.29 is 9.53 Å². The molecule has 3 nitrogen and oxygen atoms in total. The van der Waals surface area contributed by atoms with E-state index in [2.05, 4.69) is 5.32 Å². The molecule has 2 aromatic carbocycles. The third kappa shape index (κ3) is 3.57. The first-order valence-corrected chi connectivity index (χ1v) is 7.90. The fourth-order valence-electron chi connectivity index (χ4n) is 2.65. The molecular weight excluding hydrogens is 310 g/mol. The average Bonchev–Trinajstić information content (AvgIpc) is 3.35. The molecule has 0 atom stereocenters. The van der Waals surface area contributed by atoms with Crippen LogP contribution in [0.4, 0.5) is 0 Å². The standard InChI is InChI=1S/C19H18ClNO2/c1-23-17-5-3-2-4-16(17)19(12-13-19)21-18(22)11-8-14-6-9-15(20)10-7-14/h2-11H,12-13H2,1H3,(H,21,22)/b11-8+. The van der Waals surface area contributed by atoms with Crippen LogP contribution in [0.25, 0.3) is 6.08 Å². The first-order chi connectivity index (χ1) is 11.1. The van der Waals surface area contributed by atoms with Gasteiger partial charge in [0.15, 0.2) is 0 Å². The molecule has 1 N–H and O–H groups in total. The van der Waals surface area contributed by atoms with Crippen LogP contribution in [0.3, 0.4) is 0 Å². The fourth-order valence-corrected chi connectivity index (χ4v) is 2.78. The fraction of sp³-hybridized carbons (Fsp3) is 0.211. The molecule has 0 saturated heterocycles. The van der Waals surface area contributed by atoms with Crippen molar-refractivity contribution >= 4 is 23.6 Å². The lowest BCUT2D eigenvalue weighted by atomic mass is 10.0. The summed E-state index contributed by atoms with van der Waals surface area (Å²) in [5, 5.41) is 3.79. The lowest BCUT2D eigenvalue weighted by Crippen LogP contribution is -2.33. The zero-order valence-electron chi connectivity index (χ0n) is 12.9. The summed E-state index contributed by atoms with van der Waals surface area (Å²) in [5.74, 6) is 0.704. The van der Waals surface area contributed by atoms with Gasteiger partial charge < -0.3 is 10.1 Å². The third-order valence-corrected chi connectivity index (χ3v) is 4.28. The second kappa shape index (κ2) is 6.47. The molecule has 0 bridgehead atoms. The molecule has 4 heteroatoms. The molecule has 2 aromatic rings. The lowest BCUT2D eigenvalue weighted by molar-refractivity contribution is -0.117. The van der Waals surface area contributed by atoms with Gasteiger partial charge in [0.1, 0.15) is 5.75 Å². The van der Waals surface area contributed by atoms with Crippen LogP contribution in [0.15, 0.2) is 54.6 Å². The number of rotatable bonds is 5. The van der Waals surface area contributed by atoms with Crippen LogP contribution in [0.1, 0.15) is 24.0 Å². The number of halogens is 1. The molecule has 118 valence electrons. The van der Waals surface area contributed by atoms with Gasteiger partial charge in [-0.2, -0.15) is 0 Å². The van der Waals surface area contributed by atoms with Crippen LogP contribution < -0.4 is 10.1 Å². The van der Waals surface area contributed by atoms with E-state index < -0.39 is 0 Å². The molecule has 23 heavy (non-hydrogen) atoms. The van der Waals surface area contributed by atoms with Crippen molar-refractivity contribution in [1.29, 1.82) is 0 Å². The largest absolute Gasteiger partial charge is 0.496 e. The highest BCUT2D eigenvalue weighted by molar-refractivity contribution is 6.30. The molecule has 3 rings (SSSR count). The number of nitrogens with one attached hydrogen (secondary N) is 1. The first kappa shape index (κ1) is 15.6. The van der Waals surface area contributed by atoms with Crippen molar-refractivity contribution in [2.24, 2.45) is 0 Å². The Morgan fingerprint density at radius 2 is 1.87 bits per heavy atom. The predicted octanol–water partition coefficient (Wildman–Crippen LogP) is 4.17. The zero-order valence-corrected chi connectivity index (χ0v) is 13.6. The van der Waals surface area contributed by atoms with Gasteiger partial charge in [-0.25, -0.2) is 0 Å². The van der Waals surface area contributed by atoms with Gasteiger partial charge in [-0.1, -0.05) is 41.9 Å². The van der Waals surface area contributed by atoms with E-state index in [0.717, 1.165) is 29.7 Å². The van der Waals surface area contributed by atoms with Gasteiger partial charge in [0.05, 0.1) is 12.6 Å². The summed E-state index contributed by atoms with van der Waals surface area (Å²) in [6.07, 6.45) is 5.19. The van der Waals surface area contributed by atoms with E-state index in [0.29, 0.717) is 5.02 Å². The number of benzene rings is 2. The Balaban J connectivity index is 1.71. The second-order valence-electron chi connectivity index (χ2n) is 5.66. The number of carbonyl (C=O) groups is 1. The minimum atomic E-state index is -0.298. The average molecular weight is 328 g/mol. The van der Waals surface area contributed by atoms with Crippen LogP contribution in [0.2, 0.25) is 5.02 Å². The van der Waals surface area contributed by atoms with Crippen molar-refractivity contribution in [1.82, 2.24) is 5.32 Å². The summed E-state index contributed by atoms with van der Waals surface area (Å²) in [6.45, 7) is 0. The van der Waals surface area contributed by atoms with Crippen molar-refractivity contribution in [3.8, 4) is 5.75 Å². The maximum atomic E-state index is 12.2. The Morgan fingerprint density at radius 3 is 2.52 bits per heavy atom. The summed E-state index contributed by atoms with van der Waals surface area (Å²) in [5.41, 5.74) is 1.68. The first-order valence-electron chi connectivity index (χ1n) is 7.52. The summed E-state index contributed by atoms with van der Waals surface area (Å²) >= 11 is 5.85. The normalized spacial score (nSPS) is 15.4. The highest BCUT2D eigenvalue weighted by Crippen LogP contribution is 2.48. The SMILES string of the molecule is COc1ccccc1C1(NC(=O)/C=C/c2ccc(Cl)cc2)CC1. The summed E-state index contributed by atoms with van der Waals surface area (Å²) in [7, 11) is 1.65. The molecule has 0 spiro atoms. The molecule has 1 aliphatic rings. The van der Waals surface area contributed by atoms with Gasteiger partial charge in [0.2, 0.25) is 5.91 Å². The number of hydrogen-bond donors (Lipinski definition) is 1. The van der Waals surface area contributed by atoms with E-state index in [9.17, 15) is 4.79 Å². The van der Waals surface area contributed by atoms with Crippen molar-refractivity contribution in [2.45, 2.75) is 18.4 Å². The molecule has 1 saturated carbocycles. The number of hydrogen-bond acceptors (Lipinski definition) is 2. The van der Waals surface area contributed by atoms with Crippen LogP contribution in [0.5, 0.6) is 5.75 Å². The van der Waals surface area contributed by atoms with Gasteiger partial charge in [-0.3, -0.25) is 4.79 Å². The lowest BCUT2D eigenvalue weighted by Gasteiger charge is -2.19. The van der Waals surface area contributed by atoms with E-state index in [1.54, 1.807) is 31.4 Å². The summed E-state index contributed by atoms with van der Waals surface area (Å²) in [4.78, 5) is 12.2. The summed E-state index contributed by atoms with van der Waals surface area (Å²) in [6, 6.07) is 15.2. The van der Waals surface area contributed by atoms with Crippen LogP contribution in [-0.4, -0.2) is 13.0 Å². The highest BCUT2D eigenvalue weighted by atomic mass is 35.5. The molecule has 1 aliphatic carbocycles. The smallest absolute Gasteiger partial charge is 0.244 e. The van der Waals surface area contributed by atoms with E-state index >= 15 is 0 Å². The zero-order chi connectivity index (χ0) is 16.3. The van der Waals surface area contributed by atoms with Crippen LogP contribution >= 0.6 is 11.6 Å². The van der Waals surface area contributed by atoms with Crippen molar-refractivity contribution in [3.63, 3.8) is 0 Å². The number of methoxy groups -OCH3 is 1. The molecule has 0 radical (unpaired) electrons. The van der Waals surface area contributed by atoms with E-state index in [-0.39, 0.29) is 11.4 Å². The van der Waals surface area contributed by atoms with Gasteiger partial charge >= 0.3 is 0 Å². The van der Waals surface area contributed by atoms with Gasteiger partial charge in [-0.05, 0) is 42.7 Å². The molecule has 0 aliphatic heterocycles. The topological polar surface area (TPSA) is 38.3 Å². The van der Waals surface area contributed by atoms with Crippen molar-refractivity contribution in [2.75, 3.05) is 7.11 Å². The van der Waals surface area contributed by atoms with Crippen LogP contribution in [0, 0.1) is 0 Å². The Bertz CT molecular complexity index is 733. The Labute approximate surface area is 140 Å². The summed E-state index contributed by atoms with van der Waals surface area (Å²) < 4.78 is 5.41. The maximum absolute atomic E-state index is 12.2. The number of carbonyl (C=O) groups excluding carboxylic acids is 1. The Morgan fingerprint density at radius 1 is 1.17 bits per heavy atom. The Hall–Kier alpha value is -2.26. The molecular formula is C19H18ClNO2. The number of ether oxygens (including phenoxy) is 1. The monoisotopic (exact) mass is 327 g/mol. The van der Waals surface area contributed by atoms with E-state index in [1.807, 2.05) is 36.4 Å². The Kier molecular flexibility index (Phi) is 4.39. The maximum Gasteiger partial charge on any atom is 0.244 e. The molecule has 1 fully saturated rings. The van der Waals surface area contributed by atoms with Gasteiger partial charge in [-0.15, -0.1) is 0 Å². The van der Waals surface area contributed by atoms with E-state index in [4.69, 9.17) is 16.3 Å². The minimum absolute atomic E-state index is 0.108. The van der Waals surface area contributed by atoms with Gasteiger partial charge in [0, 0.05) is 16.7 Å². The molecule has 0 aromatic heterocycles. The van der Waals surface area contributed by atoms with E-state index in [1.165, 1.54) is 0 Å². The predicted molar refractivity (Wildman–Crippen MR) is 92.5 cm³/mol. The minimum Gasteiger partial charge on any atom is -0.496 e. The molecule has 1 amide bonds. The second-order valence-corrected chi connectivity index (χ2v) is 6.09. The third-order valence-electron chi connectivity index (χ3n) is 4.03. The molecule has 0 unspecified atom stereocenters. The van der Waals surface area contributed by atoms with Crippen LogP contribution in [-0.2, 0) is 10.3 Å². The van der Waals surface area contributed by atoms with Crippen molar-refractivity contribution in [3.05, 3.63) is 70.8 Å².